The lowest BCUT2D eigenvalue weighted by molar-refractivity contribution is -0.471. The van der Waals surface area contributed by atoms with Crippen LogP contribution in [0.2, 0.25) is 0 Å². The molecule has 3 heteroatoms. The Morgan fingerprint density at radius 3 is 2.93 bits per heavy atom. The van der Waals surface area contributed by atoms with Crippen molar-refractivity contribution in [1.82, 2.24) is 4.98 Å². The molecule has 0 amide bonds. The van der Waals surface area contributed by atoms with Crippen molar-refractivity contribution in [3.63, 3.8) is 0 Å². The predicted octanol–water partition coefficient (Wildman–Crippen LogP) is 3.06. The number of nitrogens with zero attached hydrogens (tertiary/aromatic N) is 1. The van der Waals surface area contributed by atoms with Crippen molar-refractivity contribution < 1.29 is 3.97 Å². The van der Waals surface area contributed by atoms with E-state index < -0.39 is 0 Å². The van der Waals surface area contributed by atoms with Crippen LogP contribution in [0.3, 0.4) is 0 Å². The van der Waals surface area contributed by atoms with E-state index in [-0.39, 0.29) is 0 Å². The lowest BCUT2D eigenvalue weighted by Gasteiger charge is -1.96. The third-order valence-corrected chi connectivity index (χ3v) is 3.66. The second-order valence-corrected chi connectivity index (χ2v) is 4.74. The molecule has 80 valence electrons. The molecular weight excluding hydrogens is 204 g/mol. The summed E-state index contributed by atoms with van der Waals surface area (Å²) >= 11 is 1.89. The van der Waals surface area contributed by atoms with Gasteiger partial charge in [0.1, 0.15) is 0 Å². The van der Waals surface area contributed by atoms with Crippen molar-refractivity contribution in [1.29, 1.82) is 0 Å². The molecule has 0 saturated carbocycles. The number of benzene rings is 1. The minimum absolute atomic E-state index is 1.18. The molecule has 2 aromatic rings. The van der Waals surface area contributed by atoms with E-state index in [2.05, 4.69) is 47.1 Å². The van der Waals surface area contributed by atoms with E-state index in [4.69, 9.17) is 0 Å². The van der Waals surface area contributed by atoms with Crippen LogP contribution in [-0.4, -0.2) is 10.7 Å². The van der Waals surface area contributed by atoms with Gasteiger partial charge in [0.05, 0.1) is 11.9 Å². The van der Waals surface area contributed by atoms with Gasteiger partial charge in [-0.2, -0.15) is 3.97 Å². The van der Waals surface area contributed by atoms with Gasteiger partial charge in [0.15, 0.2) is 11.0 Å². The van der Waals surface area contributed by atoms with Gasteiger partial charge in [-0.1, -0.05) is 25.5 Å². The number of unbranched alkanes of at least 4 members (excludes halogenated alkanes) is 1. The number of hydrogen-bond acceptors (Lipinski definition) is 1. The van der Waals surface area contributed by atoms with Crippen LogP contribution in [0.4, 0.5) is 0 Å². The number of imidazole rings is 1. The van der Waals surface area contributed by atoms with Crippen LogP contribution in [0.5, 0.6) is 0 Å². The summed E-state index contributed by atoms with van der Waals surface area (Å²) in [6.45, 7) is 4.35. The van der Waals surface area contributed by atoms with Gasteiger partial charge in [-0.25, -0.2) is 4.98 Å². The monoisotopic (exact) mass is 221 g/mol. The zero-order valence-electron chi connectivity index (χ0n) is 9.29. The Balaban J connectivity index is 2.28. The van der Waals surface area contributed by atoms with Crippen molar-refractivity contribution in [2.75, 3.05) is 5.75 Å². The zero-order valence-corrected chi connectivity index (χ0v) is 10.1. The van der Waals surface area contributed by atoms with Crippen LogP contribution in [0, 0.1) is 6.92 Å². The number of nitrogens with one attached hydrogen (secondary N) is 1. The van der Waals surface area contributed by atoms with Crippen molar-refractivity contribution >= 4 is 23.0 Å². The first kappa shape index (κ1) is 10.6. The number of rotatable bonds is 4. The molecule has 0 radical (unpaired) electrons. The highest BCUT2D eigenvalue weighted by atomic mass is 32.2. The molecule has 1 heterocycles. The number of aromatic nitrogens is 2. The summed E-state index contributed by atoms with van der Waals surface area (Å²) < 4.78 is 2.30. The average Bonchev–Trinajstić information content (AvgIpc) is 2.56. The Kier molecular flexibility index (Phi) is 3.31. The molecule has 0 aliphatic rings. The molecule has 0 fully saturated rings. The van der Waals surface area contributed by atoms with Crippen molar-refractivity contribution in [2.45, 2.75) is 26.7 Å². The first-order chi connectivity index (χ1) is 7.33. The van der Waals surface area contributed by atoms with Gasteiger partial charge in [0, 0.05) is 12.7 Å². The van der Waals surface area contributed by atoms with E-state index in [1.165, 1.54) is 35.5 Å². The number of aromatic amines is 1. The smallest absolute Gasteiger partial charge is 0.240 e. The zero-order chi connectivity index (χ0) is 10.7. The molecule has 0 atom stereocenters. The normalized spacial score (nSPS) is 11.1. The number of para-hydroxylation sites is 2. The summed E-state index contributed by atoms with van der Waals surface area (Å²) in [5, 5.41) is 0. The van der Waals surface area contributed by atoms with Crippen LogP contribution < -0.4 is 3.97 Å². The van der Waals surface area contributed by atoms with Gasteiger partial charge < -0.3 is 0 Å². The SMILES string of the molecule is CCCCS[n+]1c(C)[nH]c2ccccc21. The lowest BCUT2D eigenvalue weighted by atomic mass is 10.3. The molecule has 1 aromatic carbocycles. The number of aryl methyl sites for hydroxylation is 1. The summed E-state index contributed by atoms with van der Waals surface area (Å²) in [6, 6.07) is 8.45. The van der Waals surface area contributed by atoms with Gasteiger partial charge in [0.2, 0.25) is 0 Å². The maximum Gasteiger partial charge on any atom is 0.263 e. The summed E-state index contributed by atoms with van der Waals surface area (Å²) in [6.07, 6.45) is 2.53. The lowest BCUT2D eigenvalue weighted by Crippen LogP contribution is -2.27. The second kappa shape index (κ2) is 4.71. The summed E-state index contributed by atoms with van der Waals surface area (Å²) in [5.74, 6) is 2.40. The average molecular weight is 221 g/mol. The summed E-state index contributed by atoms with van der Waals surface area (Å²) in [7, 11) is 0. The Hall–Kier alpha value is -0.960. The third-order valence-electron chi connectivity index (χ3n) is 2.46. The maximum atomic E-state index is 3.40. The highest BCUT2D eigenvalue weighted by Crippen LogP contribution is 2.12. The third kappa shape index (κ3) is 2.17. The maximum absolute atomic E-state index is 3.40. The predicted molar refractivity (Wildman–Crippen MR) is 66.0 cm³/mol. The topological polar surface area (TPSA) is 19.7 Å². The molecule has 0 unspecified atom stereocenters. The van der Waals surface area contributed by atoms with E-state index in [0.29, 0.717) is 0 Å². The standard InChI is InChI=1S/C12H16N2S/c1-3-4-9-15-14-10(2)13-11-7-5-6-8-12(11)14/h5-8H,3-4,9H2,1-2H3/p+1. The second-order valence-electron chi connectivity index (χ2n) is 3.71. The molecule has 0 spiro atoms. The molecule has 0 aliphatic heterocycles. The first-order valence-electron chi connectivity index (χ1n) is 5.45. The van der Waals surface area contributed by atoms with Crippen LogP contribution in [0.25, 0.3) is 11.0 Å². The Bertz CT molecular complexity index is 448. The Labute approximate surface area is 94.8 Å². The summed E-state index contributed by atoms with van der Waals surface area (Å²) in [5.41, 5.74) is 2.51. The van der Waals surface area contributed by atoms with E-state index in [0.717, 1.165) is 0 Å². The number of fused-ring (bicyclic) bond motifs is 1. The first-order valence-corrected chi connectivity index (χ1v) is 6.40. The minimum atomic E-state index is 1.18. The van der Waals surface area contributed by atoms with Crippen LogP contribution >= 0.6 is 11.9 Å². The van der Waals surface area contributed by atoms with E-state index in [1.807, 2.05) is 11.9 Å². The van der Waals surface area contributed by atoms with E-state index in [1.54, 1.807) is 0 Å². The minimum Gasteiger partial charge on any atom is -0.240 e. The fourth-order valence-electron chi connectivity index (χ4n) is 1.65. The van der Waals surface area contributed by atoms with Gasteiger partial charge in [-0.05, 0) is 18.6 Å². The highest BCUT2D eigenvalue weighted by Gasteiger charge is 2.14. The van der Waals surface area contributed by atoms with Gasteiger partial charge in [0.25, 0.3) is 5.82 Å². The number of H-pyrrole nitrogens is 1. The molecule has 2 nitrogen and oxygen atoms in total. The number of hydrogen-bond donors (Lipinski definition) is 1. The van der Waals surface area contributed by atoms with Crippen molar-refractivity contribution in [3.05, 3.63) is 30.1 Å². The van der Waals surface area contributed by atoms with Gasteiger partial charge >= 0.3 is 0 Å². The van der Waals surface area contributed by atoms with Crippen LogP contribution in [0.15, 0.2) is 24.3 Å². The van der Waals surface area contributed by atoms with Crippen LogP contribution in [-0.2, 0) is 0 Å². The molecule has 2 rings (SSSR count). The van der Waals surface area contributed by atoms with Crippen LogP contribution in [0.1, 0.15) is 25.6 Å². The van der Waals surface area contributed by atoms with Gasteiger partial charge in [-0.15, -0.1) is 0 Å². The molecule has 0 saturated heterocycles. The molecule has 0 bridgehead atoms. The highest BCUT2D eigenvalue weighted by molar-refractivity contribution is 7.92. The largest absolute Gasteiger partial charge is 0.263 e. The fraction of sp³-hybridized carbons (Fsp3) is 0.417. The quantitative estimate of drug-likeness (QED) is 0.621. The van der Waals surface area contributed by atoms with Gasteiger partial charge in [-0.3, -0.25) is 0 Å². The summed E-state index contributed by atoms with van der Waals surface area (Å²) in [4.78, 5) is 3.40. The molecule has 1 aromatic heterocycles. The fourth-order valence-corrected chi connectivity index (χ4v) is 2.79. The van der Waals surface area contributed by atoms with E-state index >= 15 is 0 Å². The Morgan fingerprint density at radius 1 is 1.33 bits per heavy atom. The Morgan fingerprint density at radius 2 is 2.13 bits per heavy atom. The van der Waals surface area contributed by atoms with Crippen molar-refractivity contribution in [3.8, 4) is 0 Å². The molecule has 0 aliphatic carbocycles. The molecule has 1 N–H and O–H groups in total. The molecule has 15 heavy (non-hydrogen) atoms. The van der Waals surface area contributed by atoms with Crippen molar-refractivity contribution in [2.24, 2.45) is 0 Å². The molecular formula is C12H17N2S+. The van der Waals surface area contributed by atoms with E-state index in [9.17, 15) is 0 Å².